The zero-order valence-electron chi connectivity index (χ0n) is 7.16. The summed E-state index contributed by atoms with van der Waals surface area (Å²) in [6.07, 6.45) is 3.28. The molecule has 4 nitrogen and oxygen atoms in total. The maximum Gasteiger partial charge on any atom is 0.252 e. The van der Waals surface area contributed by atoms with Gasteiger partial charge in [-0.05, 0) is 12.1 Å². The Kier molecular flexibility index (Phi) is 3.03. The molecular formula is C9H11N3O. The molecule has 0 unspecified atom stereocenters. The van der Waals surface area contributed by atoms with E-state index in [0.717, 1.165) is 0 Å². The number of aromatic nitrogens is 1. The number of carbonyl (C=O) groups is 1. The van der Waals surface area contributed by atoms with Crippen molar-refractivity contribution in [1.29, 1.82) is 0 Å². The van der Waals surface area contributed by atoms with Crippen molar-refractivity contribution in [3.05, 3.63) is 36.5 Å². The largest absolute Gasteiger partial charge is 0.366 e. The minimum Gasteiger partial charge on any atom is -0.366 e. The summed E-state index contributed by atoms with van der Waals surface area (Å²) in [5.74, 6) is 0.00885. The standard InChI is InChI=1S/C9H11N3O/c1-2-5-11-9-7(8(10)13)4-3-6-12-9/h2-4,6H,1,5H2,(H2,10,13)(H,11,12). The van der Waals surface area contributed by atoms with Crippen LogP contribution in [0.3, 0.4) is 0 Å². The highest BCUT2D eigenvalue weighted by molar-refractivity contribution is 5.97. The molecule has 0 aromatic carbocycles. The van der Waals surface area contributed by atoms with Gasteiger partial charge in [-0.1, -0.05) is 6.08 Å². The van der Waals surface area contributed by atoms with Gasteiger partial charge in [-0.25, -0.2) is 4.98 Å². The van der Waals surface area contributed by atoms with Gasteiger partial charge in [0.05, 0.1) is 5.56 Å². The molecule has 3 N–H and O–H groups in total. The highest BCUT2D eigenvalue weighted by Crippen LogP contribution is 2.09. The van der Waals surface area contributed by atoms with E-state index in [1.54, 1.807) is 24.4 Å². The summed E-state index contributed by atoms with van der Waals surface area (Å²) in [6, 6.07) is 3.29. The van der Waals surface area contributed by atoms with Crippen LogP contribution in [-0.2, 0) is 0 Å². The second-order valence-electron chi connectivity index (χ2n) is 2.43. The zero-order valence-corrected chi connectivity index (χ0v) is 7.16. The van der Waals surface area contributed by atoms with E-state index < -0.39 is 5.91 Å². The van der Waals surface area contributed by atoms with Gasteiger partial charge in [-0.3, -0.25) is 4.79 Å². The number of pyridine rings is 1. The number of rotatable bonds is 4. The van der Waals surface area contributed by atoms with Crippen LogP contribution in [0.25, 0.3) is 0 Å². The van der Waals surface area contributed by atoms with Gasteiger partial charge in [0, 0.05) is 12.7 Å². The Morgan fingerprint density at radius 3 is 3.15 bits per heavy atom. The van der Waals surface area contributed by atoms with E-state index >= 15 is 0 Å². The van der Waals surface area contributed by atoms with Crippen molar-refractivity contribution >= 4 is 11.7 Å². The summed E-state index contributed by atoms with van der Waals surface area (Å²) >= 11 is 0. The number of hydrogen-bond donors (Lipinski definition) is 2. The fraction of sp³-hybridized carbons (Fsp3) is 0.111. The van der Waals surface area contributed by atoms with Crippen LogP contribution in [0, 0.1) is 0 Å². The fourth-order valence-electron chi connectivity index (χ4n) is 0.914. The van der Waals surface area contributed by atoms with Gasteiger partial charge in [0.2, 0.25) is 0 Å². The molecule has 0 radical (unpaired) electrons. The van der Waals surface area contributed by atoms with Crippen molar-refractivity contribution in [1.82, 2.24) is 4.98 Å². The average molecular weight is 177 g/mol. The van der Waals surface area contributed by atoms with Gasteiger partial charge in [0.1, 0.15) is 5.82 Å². The maximum absolute atomic E-state index is 10.9. The quantitative estimate of drug-likeness (QED) is 0.668. The van der Waals surface area contributed by atoms with Crippen LogP contribution in [0.4, 0.5) is 5.82 Å². The third-order valence-electron chi connectivity index (χ3n) is 1.49. The van der Waals surface area contributed by atoms with Gasteiger partial charge in [0.25, 0.3) is 5.91 Å². The van der Waals surface area contributed by atoms with Gasteiger partial charge in [-0.15, -0.1) is 6.58 Å². The van der Waals surface area contributed by atoms with Crippen LogP contribution >= 0.6 is 0 Å². The van der Waals surface area contributed by atoms with Crippen molar-refractivity contribution < 1.29 is 4.79 Å². The number of hydrogen-bond acceptors (Lipinski definition) is 3. The van der Waals surface area contributed by atoms with Crippen molar-refractivity contribution in [3.8, 4) is 0 Å². The molecule has 68 valence electrons. The van der Waals surface area contributed by atoms with E-state index in [-0.39, 0.29) is 0 Å². The van der Waals surface area contributed by atoms with Crippen molar-refractivity contribution in [2.75, 3.05) is 11.9 Å². The average Bonchev–Trinajstić information content (AvgIpc) is 2.15. The van der Waals surface area contributed by atoms with Crippen LogP contribution in [-0.4, -0.2) is 17.4 Å². The molecule has 0 saturated heterocycles. The third kappa shape index (κ3) is 2.30. The van der Waals surface area contributed by atoms with E-state index in [9.17, 15) is 4.79 Å². The number of primary amides is 1. The normalized spacial score (nSPS) is 9.23. The molecule has 1 amide bonds. The minimum absolute atomic E-state index is 0.393. The highest BCUT2D eigenvalue weighted by atomic mass is 16.1. The Hall–Kier alpha value is -1.84. The van der Waals surface area contributed by atoms with E-state index in [1.165, 1.54) is 0 Å². The lowest BCUT2D eigenvalue weighted by atomic mass is 10.2. The van der Waals surface area contributed by atoms with E-state index in [0.29, 0.717) is 17.9 Å². The number of amides is 1. The molecule has 1 aromatic rings. The molecule has 0 aliphatic rings. The van der Waals surface area contributed by atoms with Crippen molar-refractivity contribution in [2.45, 2.75) is 0 Å². The SMILES string of the molecule is C=CCNc1ncccc1C(N)=O. The molecule has 13 heavy (non-hydrogen) atoms. The molecule has 0 saturated carbocycles. The van der Waals surface area contributed by atoms with Crippen molar-refractivity contribution in [3.63, 3.8) is 0 Å². The molecule has 1 rings (SSSR count). The predicted octanol–water partition coefficient (Wildman–Crippen LogP) is 0.778. The van der Waals surface area contributed by atoms with E-state index in [2.05, 4.69) is 16.9 Å². The Balaban J connectivity index is 2.90. The third-order valence-corrected chi connectivity index (χ3v) is 1.49. The fourth-order valence-corrected chi connectivity index (χ4v) is 0.914. The van der Waals surface area contributed by atoms with Gasteiger partial charge in [0.15, 0.2) is 0 Å². The summed E-state index contributed by atoms with van der Waals surface area (Å²) in [4.78, 5) is 14.9. The minimum atomic E-state index is -0.486. The van der Waals surface area contributed by atoms with E-state index in [4.69, 9.17) is 5.73 Å². The van der Waals surface area contributed by atoms with E-state index in [1.807, 2.05) is 0 Å². The topological polar surface area (TPSA) is 68.0 Å². The Morgan fingerprint density at radius 2 is 2.54 bits per heavy atom. The molecule has 0 bridgehead atoms. The number of nitrogens with one attached hydrogen (secondary N) is 1. The first-order chi connectivity index (χ1) is 6.25. The molecule has 0 spiro atoms. The molecule has 0 aliphatic carbocycles. The monoisotopic (exact) mass is 177 g/mol. The first-order valence-electron chi connectivity index (χ1n) is 3.85. The molecule has 0 atom stereocenters. The first kappa shape index (κ1) is 9.25. The summed E-state index contributed by atoms with van der Waals surface area (Å²) in [5, 5.41) is 2.91. The maximum atomic E-state index is 10.9. The lowest BCUT2D eigenvalue weighted by Gasteiger charge is -2.05. The van der Waals surface area contributed by atoms with Crippen LogP contribution < -0.4 is 11.1 Å². The zero-order chi connectivity index (χ0) is 9.68. The first-order valence-corrected chi connectivity index (χ1v) is 3.85. The summed E-state index contributed by atoms with van der Waals surface area (Å²) in [7, 11) is 0. The smallest absolute Gasteiger partial charge is 0.252 e. The van der Waals surface area contributed by atoms with Crippen LogP contribution in [0.1, 0.15) is 10.4 Å². The molecule has 0 fully saturated rings. The van der Waals surface area contributed by atoms with Crippen LogP contribution in [0.2, 0.25) is 0 Å². The summed E-state index contributed by atoms with van der Waals surface area (Å²) < 4.78 is 0. The second kappa shape index (κ2) is 4.25. The lowest BCUT2D eigenvalue weighted by Crippen LogP contribution is -2.15. The van der Waals surface area contributed by atoms with Gasteiger partial charge in [-0.2, -0.15) is 0 Å². The number of nitrogens with zero attached hydrogens (tertiary/aromatic N) is 1. The van der Waals surface area contributed by atoms with Crippen molar-refractivity contribution in [2.24, 2.45) is 5.73 Å². The Morgan fingerprint density at radius 1 is 1.77 bits per heavy atom. The summed E-state index contributed by atoms with van der Waals surface area (Å²) in [6.45, 7) is 4.10. The Bertz CT molecular complexity index is 322. The lowest BCUT2D eigenvalue weighted by molar-refractivity contribution is 0.100. The Labute approximate surface area is 76.5 Å². The molecule has 0 aliphatic heterocycles. The number of nitrogens with two attached hydrogens (primary N) is 1. The van der Waals surface area contributed by atoms with Crippen LogP contribution in [0.15, 0.2) is 31.0 Å². The molecule has 4 heteroatoms. The second-order valence-corrected chi connectivity index (χ2v) is 2.43. The van der Waals surface area contributed by atoms with Gasteiger partial charge < -0.3 is 11.1 Å². The van der Waals surface area contributed by atoms with Gasteiger partial charge >= 0.3 is 0 Å². The number of carbonyl (C=O) groups excluding carboxylic acids is 1. The summed E-state index contributed by atoms with van der Waals surface area (Å²) in [5.41, 5.74) is 5.53. The molecular weight excluding hydrogens is 166 g/mol. The van der Waals surface area contributed by atoms with Crippen LogP contribution in [0.5, 0.6) is 0 Å². The molecule has 1 heterocycles. The predicted molar refractivity (Wildman–Crippen MR) is 51.4 cm³/mol. The number of anilines is 1. The molecule has 1 aromatic heterocycles. The highest BCUT2D eigenvalue weighted by Gasteiger charge is 2.06.